The minimum atomic E-state index is -0.420. The Morgan fingerprint density at radius 1 is 1.19 bits per heavy atom. The average Bonchev–Trinajstić information content (AvgIpc) is 2.49. The monoisotopic (exact) mass is 307 g/mol. The number of hydrogen-bond acceptors (Lipinski definition) is 2. The van der Waals surface area contributed by atoms with Crippen LogP contribution in [0, 0.1) is 5.82 Å². The van der Waals surface area contributed by atoms with Gasteiger partial charge in [-0.15, -0.1) is 0 Å². The summed E-state index contributed by atoms with van der Waals surface area (Å²) < 4.78 is 19.6. The molecule has 2 nitrogen and oxygen atoms in total. The predicted molar refractivity (Wildman–Crippen MR) is 84.3 cm³/mol. The molecule has 0 fully saturated rings. The molecular weight excluding hydrogens is 289 g/mol. The zero-order chi connectivity index (χ0) is 15.2. The molecule has 1 N–H and O–H groups in total. The number of nitrogens with one attached hydrogen (secondary N) is 1. The summed E-state index contributed by atoms with van der Waals surface area (Å²) in [6.07, 6.45) is 0. The van der Waals surface area contributed by atoms with Crippen molar-refractivity contribution in [2.45, 2.75) is 26.5 Å². The van der Waals surface area contributed by atoms with E-state index in [2.05, 4.69) is 19.2 Å². The van der Waals surface area contributed by atoms with E-state index in [-0.39, 0.29) is 17.7 Å². The summed E-state index contributed by atoms with van der Waals surface area (Å²) in [6.45, 7) is 5.16. The van der Waals surface area contributed by atoms with Crippen molar-refractivity contribution < 1.29 is 9.13 Å². The standard InChI is InChI=1S/C17H19ClFNO/c1-3-20-12(2)14-8-4-5-10-16(14)21-11-13-7-6-9-15(18)17(13)19/h4-10,12,20H,3,11H2,1-2H3. The normalized spacial score (nSPS) is 12.2. The van der Waals surface area contributed by atoms with Crippen molar-refractivity contribution in [3.63, 3.8) is 0 Å². The van der Waals surface area contributed by atoms with Gasteiger partial charge in [0.2, 0.25) is 0 Å². The molecule has 0 bridgehead atoms. The molecule has 4 heteroatoms. The van der Waals surface area contributed by atoms with E-state index < -0.39 is 5.82 Å². The third-order valence-corrected chi connectivity index (χ3v) is 3.60. The van der Waals surface area contributed by atoms with Crippen LogP contribution in [-0.2, 0) is 6.61 Å². The van der Waals surface area contributed by atoms with Gasteiger partial charge in [0, 0.05) is 17.2 Å². The summed E-state index contributed by atoms with van der Waals surface area (Å²) in [4.78, 5) is 0. The third-order valence-electron chi connectivity index (χ3n) is 3.31. The van der Waals surface area contributed by atoms with Gasteiger partial charge in [0.25, 0.3) is 0 Å². The molecule has 2 aromatic rings. The smallest absolute Gasteiger partial charge is 0.148 e. The zero-order valence-corrected chi connectivity index (χ0v) is 13.0. The van der Waals surface area contributed by atoms with Crippen LogP contribution < -0.4 is 10.1 Å². The fraction of sp³-hybridized carbons (Fsp3) is 0.294. The number of ether oxygens (including phenoxy) is 1. The van der Waals surface area contributed by atoms with E-state index in [1.165, 1.54) is 6.07 Å². The molecule has 0 amide bonds. The van der Waals surface area contributed by atoms with Gasteiger partial charge >= 0.3 is 0 Å². The Morgan fingerprint density at radius 2 is 1.95 bits per heavy atom. The quantitative estimate of drug-likeness (QED) is 0.833. The number of halogens is 2. The second kappa shape index (κ2) is 7.43. The topological polar surface area (TPSA) is 21.3 Å². The van der Waals surface area contributed by atoms with Crippen LogP contribution in [0.2, 0.25) is 5.02 Å². The Kier molecular flexibility index (Phi) is 5.59. The van der Waals surface area contributed by atoms with Gasteiger partial charge in [-0.25, -0.2) is 4.39 Å². The Morgan fingerprint density at radius 3 is 2.71 bits per heavy atom. The first kappa shape index (κ1) is 15.8. The Balaban J connectivity index is 2.15. The first-order valence-corrected chi connectivity index (χ1v) is 7.39. The molecule has 0 saturated heterocycles. The van der Waals surface area contributed by atoms with Gasteiger partial charge in [-0.05, 0) is 25.6 Å². The number of rotatable bonds is 6. The molecule has 0 heterocycles. The van der Waals surface area contributed by atoms with Crippen LogP contribution in [0.25, 0.3) is 0 Å². The summed E-state index contributed by atoms with van der Waals surface area (Å²) >= 11 is 5.78. The van der Waals surface area contributed by atoms with E-state index in [0.29, 0.717) is 5.56 Å². The van der Waals surface area contributed by atoms with E-state index in [4.69, 9.17) is 16.3 Å². The zero-order valence-electron chi connectivity index (χ0n) is 12.2. The lowest BCUT2D eigenvalue weighted by Crippen LogP contribution is -2.18. The maximum Gasteiger partial charge on any atom is 0.148 e. The lowest BCUT2D eigenvalue weighted by molar-refractivity contribution is 0.294. The number of benzene rings is 2. The van der Waals surface area contributed by atoms with Gasteiger partial charge in [0.05, 0.1) is 5.02 Å². The van der Waals surface area contributed by atoms with Crippen molar-refractivity contribution in [3.05, 3.63) is 64.4 Å². The Labute approximate surface area is 129 Å². The largest absolute Gasteiger partial charge is 0.488 e. The van der Waals surface area contributed by atoms with E-state index in [1.807, 2.05) is 24.3 Å². The Hall–Kier alpha value is -1.58. The highest BCUT2D eigenvalue weighted by atomic mass is 35.5. The summed E-state index contributed by atoms with van der Waals surface area (Å²) in [5.41, 5.74) is 1.51. The van der Waals surface area contributed by atoms with Gasteiger partial charge in [-0.1, -0.05) is 48.9 Å². The Bertz CT molecular complexity index is 603. The average molecular weight is 308 g/mol. The molecule has 21 heavy (non-hydrogen) atoms. The molecule has 0 spiro atoms. The molecule has 112 valence electrons. The highest BCUT2D eigenvalue weighted by Gasteiger charge is 2.12. The highest BCUT2D eigenvalue weighted by Crippen LogP contribution is 2.26. The van der Waals surface area contributed by atoms with Crippen molar-refractivity contribution >= 4 is 11.6 Å². The molecule has 0 radical (unpaired) electrons. The van der Waals surface area contributed by atoms with Crippen LogP contribution >= 0.6 is 11.6 Å². The molecule has 0 saturated carbocycles. The molecular formula is C17H19ClFNO. The maximum atomic E-state index is 13.9. The van der Waals surface area contributed by atoms with Crippen LogP contribution in [-0.4, -0.2) is 6.54 Å². The van der Waals surface area contributed by atoms with E-state index in [1.54, 1.807) is 12.1 Å². The van der Waals surface area contributed by atoms with Crippen molar-refractivity contribution in [2.24, 2.45) is 0 Å². The fourth-order valence-corrected chi connectivity index (χ4v) is 2.40. The summed E-state index contributed by atoms with van der Waals surface area (Å²) in [5, 5.41) is 3.46. The van der Waals surface area contributed by atoms with E-state index in [0.717, 1.165) is 17.9 Å². The van der Waals surface area contributed by atoms with Gasteiger partial charge in [-0.2, -0.15) is 0 Å². The minimum Gasteiger partial charge on any atom is -0.488 e. The van der Waals surface area contributed by atoms with Crippen molar-refractivity contribution in [1.82, 2.24) is 5.32 Å². The molecule has 0 aromatic heterocycles. The molecule has 1 unspecified atom stereocenters. The van der Waals surface area contributed by atoms with E-state index >= 15 is 0 Å². The predicted octanol–water partition coefficient (Wildman–Crippen LogP) is 4.73. The summed E-state index contributed by atoms with van der Waals surface area (Å²) in [5.74, 6) is 0.335. The SMILES string of the molecule is CCNC(C)c1ccccc1OCc1cccc(Cl)c1F. The third kappa shape index (κ3) is 3.96. The van der Waals surface area contributed by atoms with Crippen LogP contribution in [0.4, 0.5) is 4.39 Å². The molecule has 0 aliphatic heterocycles. The van der Waals surface area contributed by atoms with Crippen LogP contribution in [0.15, 0.2) is 42.5 Å². The number of hydrogen-bond donors (Lipinski definition) is 1. The van der Waals surface area contributed by atoms with E-state index in [9.17, 15) is 4.39 Å². The molecule has 2 aromatic carbocycles. The molecule has 0 aliphatic rings. The van der Waals surface area contributed by atoms with Crippen molar-refractivity contribution in [3.8, 4) is 5.75 Å². The van der Waals surface area contributed by atoms with Crippen LogP contribution in [0.1, 0.15) is 31.0 Å². The lowest BCUT2D eigenvalue weighted by atomic mass is 10.1. The van der Waals surface area contributed by atoms with Gasteiger partial charge in [0.1, 0.15) is 18.2 Å². The molecule has 1 atom stereocenters. The maximum absolute atomic E-state index is 13.9. The first-order chi connectivity index (χ1) is 10.1. The van der Waals surface area contributed by atoms with Crippen LogP contribution in [0.3, 0.4) is 0 Å². The fourth-order valence-electron chi connectivity index (χ4n) is 2.20. The second-order valence-electron chi connectivity index (χ2n) is 4.82. The van der Waals surface area contributed by atoms with Gasteiger partial charge < -0.3 is 10.1 Å². The molecule has 2 rings (SSSR count). The lowest BCUT2D eigenvalue weighted by Gasteiger charge is -2.17. The van der Waals surface area contributed by atoms with Gasteiger partial charge in [-0.3, -0.25) is 0 Å². The highest BCUT2D eigenvalue weighted by molar-refractivity contribution is 6.30. The number of para-hydroxylation sites is 1. The summed E-state index contributed by atoms with van der Waals surface area (Å²) in [6, 6.07) is 12.9. The first-order valence-electron chi connectivity index (χ1n) is 7.01. The second-order valence-corrected chi connectivity index (χ2v) is 5.23. The molecule has 0 aliphatic carbocycles. The summed E-state index contributed by atoms with van der Waals surface area (Å²) in [7, 11) is 0. The van der Waals surface area contributed by atoms with Crippen molar-refractivity contribution in [1.29, 1.82) is 0 Å². The van der Waals surface area contributed by atoms with Crippen molar-refractivity contribution in [2.75, 3.05) is 6.54 Å². The minimum absolute atomic E-state index is 0.116. The van der Waals surface area contributed by atoms with Crippen LogP contribution in [0.5, 0.6) is 5.75 Å². The van der Waals surface area contributed by atoms with Gasteiger partial charge in [0.15, 0.2) is 0 Å².